The zero-order chi connectivity index (χ0) is 24.3. The van der Waals surface area contributed by atoms with Crippen molar-refractivity contribution in [1.82, 2.24) is 4.90 Å². The minimum Gasteiger partial charge on any atom is -0.328 e. The molecule has 0 radical (unpaired) electrons. The lowest BCUT2D eigenvalue weighted by molar-refractivity contribution is -0.134. The van der Waals surface area contributed by atoms with E-state index in [1.807, 2.05) is 46.8 Å². The van der Waals surface area contributed by atoms with Gasteiger partial charge in [0.2, 0.25) is 5.91 Å². The number of Topliss-reactive ketones (excluding diaryl/α,β-unsaturated/α-hetero) is 1. The first-order valence-electron chi connectivity index (χ1n) is 12.0. The third kappa shape index (κ3) is 6.43. The van der Waals surface area contributed by atoms with E-state index in [1.165, 1.54) is 36.0 Å². The Bertz CT molecular complexity index is 887. The van der Waals surface area contributed by atoms with E-state index in [-0.39, 0.29) is 34.5 Å². The van der Waals surface area contributed by atoms with E-state index < -0.39 is 0 Å². The van der Waals surface area contributed by atoms with Crippen LogP contribution in [0.4, 0.5) is 0 Å². The summed E-state index contributed by atoms with van der Waals surface area (Å²) < 4.78 is 0. The van der Waals surface area contributed by atoms with Crippen LogP contribution in [-0.2, 0) is 9.59 Å². The number of amides is 1. The maximum Gasteiger partial charge on any atom is 0.247 e. The van der Waals surface area contributed by atoms with Crippen LogP contribution in [0.5, 0.6) is 0 Å². The lowest BCUT2D eigenvalue weighted by Gasteiger charge is -2.33. The van der Waals surface area contributed by atoms with Crippen molar-refractivity contribution in [2.75, 3.05) is 6.54 Å². The van der Waals surface area contributed by atoms with Crippen LogP contribution in [-0.4, -0.2) is 29.2 Å². The molecule has 0 aromatic rings. The fourth-order valence-corrected chi connectivity index (χ4v) is 4.98. The Hall–Kier alpha value is -2.16. The third-order valence-electron chi connectivity index (χ3n) is 6.77. The molecule has 32 heavy (non-hydrogen) atoms. The topological polar surface area (TPSA) is 37.4 Å². The summed E-state index contributed by atoms with van der Waals surface area (Å²) in [5.74, 6) is -0.00529. The van der Waals surface area contributed by atoms with Gasteiger partial charge in [0, 0.05) is 18.5 Å². The molecule has 2 rings (SSSR count). The highest BCUT2D eigenvalue weighted by Gasteiger charge is 2.46. The van der Waals surface area contributed by atoms with Gasteiger partial charge in [-0.25, -0.2) is 0 Å². The zero-order valence-corrected chi connectivity index (χ0v) is 21.7. The van der Waals surface area contributed by atoms with Crippen LogP contribution in [0.15, 0.2) is 58.7 Å². The van der Waals surface area contributed by atoms with Gasteiger partial charge in [0.15, 0.2) is 5.78 Å². The van der Waals surface area contributed by atoms with Gasteiger partial charge in [-0.2, -0.15) is 0 Å². The molecule has 1 aliphatic heterocycles. The predicted molar refractivity (Wildman–Crippen MR) is 135 cm³/mol. The number of carbonyl (C=O) groups excluding carboxylic acids is 2. The van der Waals surface area contributed by atoms with Crippen molar-refractivity contribution in [3.63, 3.8) is 0 Å². The van der Waals surface area contributed by atoms with Crippen LogP contribution < -0.4 is 0 Å². The first-order chi connectivity index (χ1) is 14.7. The molecule has 2 aliphatic rings. The molecule has 0 aromatic carbocycles. The zero-order valence-electron chi connectivity index (χ0n) is 21.7. The van der Waals surface area contributed by atoms with E-state index in [0.29, 0.717) is 6.54 Å². The summed E-state index contributed by atoms with van der Waals surface area (Å²) in [4.78, 5) is 27.2. The van der Waals surface area contributed by atoms with Crippen LogP contribution in [0, 0.1) is 16.7 Å². The predicted octanol–water partition coefficient (Wildman–Crippen LogP) is 6.98. The molecule has 0 spiro atoms. The molecular formula is C29H43NO2. The molecule has 0 N–H and O–H groups in total. The Morgan fingerprint density at radius 3 is 2.38 bits per heavy atom. The first kappa shape index (κ1) is 26.1. The maximum absolute atomic E-state index is 12.9. The van der Waals surface area contributed by atoms with Gasteiger partial charge in [0.05, 0.1) is 6.04 Å². The molecule has 176 valence electrons. The monoisotopic (exact) mass is 437 g/mol. The van der Waals surface area contributed by atoms with Crippen molar-refractivity contribution in [3.05, 3.63) is 58.7 Å². The van der Waals surface area contributed by atoms with Crippen LogP contribution in [0.3, 0.4) is 0 Å². The highest BCUT2D eigenvalue weighted by molar-refractivity contribution is 5.98. The molecule has 2 unspecified atom stereocenters. The lowest BCUT2D eigenvalue weighted by Crippen LogP contribution is -2.45. The van der Waals surface area contributed by atoms with Crippen LogP contribution in [0.2, 0.25) is 0 Å². The smallest absolute Gasteiger partial charge is 0.247 e. The second-order valence-corrected chi connectivity index (χ2v) is 11.5. The van der Waals surface area contributed by atoms with Gasteiger partial charge in [-0.1, -0.05) is 83.1 Å². The number of hydrogen-bond acceptors (Lipinski definition) is 2. The van der Waals surface area contributed by atoms with E-state index in [1.54, 1.807) is 11.0 Å². The summed E-state index contributed by atoms with van der Waals surface area (Å²) in [6.07, 6.45) is 15.8. The van der Waals surface area contributed by atoms with Crippen molar-refractivity contribution in [2.24, 2.45) is 16.7 Å². The second kappa shape index (κ2) is 10.2. The molecular weight excluding hydrogens is 394 g/mol. The Morgan fingerprint density at radius 1 is 1.12 bits per heavy atom. The fourth-order valence-electron chi connectivity index (χ4n) is 4.98. The Kier molecular flexibility index (Phi) is 8.31. The molecule has 3 heteroatoms. The molecule has 1 fully saturated rings. The lowest BCUT2D eigenvalue weighted by atomic mass is 9.72. The Balaban J connectivity index is 2.07. The minimum absolute atomic E-state index is 0.0766. The molecule has 0 saturated carbocycles. The van der Waals surface area contributed by atoms with Crippen molar-refractivity contribution >= 4 is 11.7 Å². The average molecular weight is 438 g/mol. The van der Waals surface area contributed by atoms with Crippen molar-refractivity contribution < 1.29 is 9.59 Å². The number of rotatable bonds is 5. The van der Waals surface area contributed by atoms with E-state index in [0.717, 1.165) is 5.57 Å². The summed E-state index contributed by atoms with van der Waals surface area (Å²) in [5.41, 5.74) is 5.01. The number of nitrogens with zero attached hydrogens (tertiary/aromatic N) is 1. The van der Waals surface area contributed by atoms with Crippen molar-refractivity contribution in [3.8, 4) is 0 Å². The van der Waals surface area contributed by atoms with E-state index >= 15 is 0 Å². The number of carbonyl (C=O) groups is 2. The Morgan fingerprint density at radius 2 is 1.78 bits per heavy atom. The Labute approximate surface area is 196 Å². The van der Waals surface area contributed by atoms with Gasteiger partial charge < -0.3 is 4.90 Å². The number of hydrogen-bond donors (Lipinski definition) is 0. The third-order valence-corrected chi connectivity index (χ3v) is 6.77. The second-order valence-electron chi connectivity index (χ2n) is 11.5. The number of likely N-dealkylation sites (tertiary alicyclic amines) is 1. The molecule has 1 saturated heterocycles. The normalized spacial score (nSPS) is 25.5. The molecule has 2 atom stereocenters. The molecule has 1 aliphatic carbocycles. The quantitative estimate of drug-likeness (QED) is 0.344. The van der Waals surface area contributed by atoms with Gasteiger partial charge in [-0.15, -0.1) is 0 Å². The van der Waals surface area contributed by atoms with Crippen molar-refractivity contribution in [1.29, 1.82) is 0 Å². The highest BCUT2D eigenvalue weighted by atomic mass is 16.2. The van der Waals surface area contributed by atoms with E-state index in [2.05, 4.69) is 45.9 Å². The van der Waals surface area contributed by atoms with Crippen LogP contribution >= 0.6 is 0 Å². The molecule has 1 heterocycles. The van der Waals surface area contributed by atoms with Gasteiger partial charge in [-0.05, 0) is 62.0 Å². The van der Waals surface area contributed by atoms with Gasteiger partial charge in [-0.3, -0.25) is 9.59 Å². The van der Waals surface area contributed by atoms with Crippen molar-refractivity contribution in [2.45, 2.75) is 87.6 Å². The summed E-state index contributed by atoms with van der Waals surface area (Å²) in [6, 6.07) is -0.355. The summed E-state index contributed by atoms with van der Waals surface area (Å²) in [5, 5.41) is 0. The molecule has 1 amide bonds. The molecule has 0 aromatic heterocycles. The first-order valence-corrected chi connectivity index (χ1v) is 12.0. The highest BCUT2D eigenvalue weighted by Crippen LogP contribution is 2.40. The average Bonchev–Trinajstić information content (AvgIpc) is 2.96. The largest absolute Gasteiger partial charge is 0.328 e. The van der Waals surface area contributed by atoms with Crippen LogP contribution in [0.25, 0.3) is 0 Å². The fraction of sp³-hybridized carbons (Fsp3) is 0.586. The van der Waals surface area contributed by atoms with Crippen LogP contribution in [0.1, 0.15) is 81.6 Å². The SMILES string of the molecule is CC1=C(/C=C/C(C)=C\C=C\C(C)=C\C(=O)N2CC(C)C(=O)C2C(C)(C)C)C(C)(C)CCC1. The number of ketones is 1. The summed E-state index contributed by atoms with van der Waals surface area (Å²) in [6.45, 7) is 19.4. The van der Waals surface area contributed by atoms with Gasteiger partial charge >= 0.3 is 0 Å². The maximum atomic E-state index is 12.9. The number of allylic oxidation sites excluding steroid dienone is 9. The standard InChI is InChI=1S/C29H43NO2/c1-20(15-16-24-22(3)14-11-17-29(24,8)9)12-10-13-21(2)18-25(31)30-19-23(4)26(32)27(30)28(5,6)7/h10,12-13,15-16,18,23,27H,11,14,17,19H2,1-9H3/b13-10+,16-15+,20-12-,21-18+. The summed E-state index contributed by atoms with van der Waals surface area (Å²) >= 11 is 0. The van der Waals surface area contributed by atoms with E-state index in [9.17, 15) is 9.59 Å². The van der Waals surface area contributed by atoms with E-state index in [4.69, 9.17) is 0 Å². The van der Waals surface area contributed by atoms with Gasteiger partial charge in [0.25, 0.3) is 0 Å². The minimum atomic E-state index is -0.355. The van der Waals surface area contributed by atoms with Gasteiger partial charge in [0.1, 0.15) is 0 Å². The molecule has 3 nitrogen and oxygen atoms in total. The molecule has 0 bridgehead atoms. The summed E-state index contributed by atoms with van der Waals surface area (Å²) in [7, 11) is 0.